The van der Waals surface area contributed by atoms with Gasteiger partial charge in [0.2, 0.25) is 0 Å². The zero-order valence-corrected chi connectivity index (χ0v) is 17.2. The van der Waals surface area contributed by atoms with Crippen molar-refractivity contribution in [3.05, 3.63) is 59.8 Å². The number of carbonyl (C=O) groups is 2. The predicted molar refractivity (Wildman–Crippen MR) is 114 cm³/mol. The van der Waals surface area contributed by atoms with Crippen LogP contribution in [0.2, 0.25) is 0 Å². The lowest BCUT2D eigenvalue weighted by Gasteiger charge is -2.10. The van der Waals surface area contributed by atoms with Crippen LogP contribution in [0.1, 0.15) is 17.5 Å². The highest BCUT2D eigenvalue weighted by atomic mass is 16.5. The summed E-state index contributed by atoms with van der Waals surface area (Å²) >= 11 is 0. The van der Waals surface area contributed by atoms with E-state index in [2.05, 4.69) is 10.3 Å². The minimum absolute atomic E-state index is 0.223. The zero-order chi connectivity index (χ0) is 21.3. The SMILES string of the molecule is COc1ccc(CCNC(=O)COC(=O)CCc2c[nH]c3ccccc23)cc1OC. The van der Waals surface area contributed by atoms with Gasteiger partial charge in [-0.15, -0.1) is 0 Å². The number of fused-ring (bicyclic) bond motifs is 1. The number of aromatic amines is 1. The highest BCUT2D eigenvalue weighted by molar-refractivity contribution is 5.84. The van der Waals surface area contributed by atoms with Crippen molar-refractivity contribution >= 4 is 22.8 Å². The molecule has 0 aliphatic heterocycles. The quantitative estimate of drug-likeness (QED) is 0.502. The van der Waals surface area contributed by atoms with Crippen LogP contribution >= 0.6 is 0 Å². The highest BCUT2D eigenvalue weighted by Gasteiger charge is 2.10. The van der Waals surface area contributed by atoms with Crippen LogP contribution in [0.15, 0.2) is 48.7 Å². The van der Waals surface area contributed by atoms with Crippen LogP contribution in [-0.4, -0.2) is 44.2 Å². The second-order valence-electron chi connectivity index (χ2n) is 6.81. The number of hydrogen-bond acceptors (Lipinski definition) is 5. The Balaban J connectivity index is 1.36. The Kier molecular flexibility index (Phi) is 7.32. The van der Waals surface area contributed by atoms with Gasteiger partial charge in [0.25, 0.3) is 5.91 Å². The van der Waals surface area contributed by atoms with Crippen molar-refractivity contribution < 1.29 is 23.8 Å². The molecule has 0 aliphatic rings. The first kappa shape index (κ1) is 21.2. The second-order valence-corrected chi connectivity index (χ2v) is 6.81. The molecule has 3 rings (SSSR count). The molecule has 0 atom stereocenters. The fourth-order valence-electron chi connectivity index (χ4n) is 3.23. The molecule has 0 unspecified atom stereocenters. The van der Waals surface area contributed by atoms with Crippen LogP contribution in [-0.2, 0) is 27.2 Å². The van der Waals surface area contributed by atoms with E-state index in [-0.39, 0.29) is 18.9 Å². The minimum atomic E-state index is -0.393. The Morgan fingerprint density at radius 1 is 1.00 bits per heavy atom. The summed E-state index contributed by atoms with van der Waals surface area (Å²) in [7, 11) is 3.16. The third kappa shape index (κ3) is 5.53. The van der Waals surface area contributed by atoms with Crippen molar-refractivity contribution in [3.8, 4) is 11.5 Å². The number of amides is 1. The summed E-state index contributed by atoms with van der Waals surface area (Å²) in [5, 5.41) is 3.85. The lowest BCUT2D eigenvalue weighted by molar-refractivity contribution is -0.148. The predicted octanol–water partition coefficient (Wildman–Crippen LogP) is 3.02. The largest absolute Gasteiger partial charge is 0.493 e. The third-order valence-corrected chi connectivity index (χ3v) is 4.82. The summed E-state index contributed by atoms with van der Waals surface area (Å²) in [5.74, 6) is 0.585. The number of para-hydroxylation sites is 1. The standard InChI is InChI=1S/C23H26N2O5/c1-28-20-9-7-16(13-21(20)29-2)11-12-24-22(26)15-30-23(27)10-8-17-14-25-19-6-4-3-5-18(17)19/h3-7,9,13-14,25H,8,10-12,15H2,1-2H3,(H,24,26). The van der Waals surface area contributed by atoms with Crippen LogP contribution in [0.4, 0.5) is 0 Å². The van der Waals surface area contributed by atoms with Gasteiger partial charge in [-0.1, -0.05) is 24.3 Å². The Morgan fingerprint density at radius 2 is 1.80 bits per heavy atom. The molecule has 0 aliphatic carbocycles. The van der Waals surface area contributed by atoms with Crippen LogP contribution < -0.4 is 14.8 Å². The van der Waals surface area contributed by atoms with Gasteiger partial charge in [0.05, 0.1) is 14.2 Å². The Morgan fingerprint density at radius 3 is 2.60 bits per heavy atom. The van der Waals surface area contributed by atoms with Gasteiger partial charge < -0.3 is 24.5 Å². The molecular weight excluding hydrogens is 384 g/mol. The van der Waals surface area contributed by atoms with E-state index in [1.54, 1.807) is 14.2 Å². The number of ether oxygens (including phenoxy) is 3. The van der Waals surface area contributed by atoms with Crippen LogP contribution in [0, 0.1) is 0 Å². The number of H-pyrrole nitrogens is 1. The molecule has 2 aromatic carbocycles. The van der Waals surface area contributed by atoms with E-state index in [0.29, 0.717) is 30.9 Å². The molecule has 1 heterocycles. The lowest BCUT2D eigenvalue weighted by Crippen LogP contribution is -2.30. The smallest absolute Gasteiger partial charge is 0.306 e. The van der Waals surface area contributed by atoms with Crippen molar-refractivity contribution in [1.82, 2.24) is 10.3 Å². The second kappa shape index (κ2) is 10.3. The van der Waals surface area contributed by atoms with E-state index < -0.39 is 5.97 Å². The Hall–Kier alpha value is -3.48. The Labute approximate surface area is 175 Å². The van der Waals surface area contributed by atoms with Crippen molar-refractivity contribution in [1.29, 1.82) is 0 Å². The molecule has 0 fully saturated rings. The number of benzene rings is 2. The third-order valence-electron chi connectivity index (χ3n) is 4.82. The summed E-state index contributed by atoms with van der Waals surface area (Å²) in [4.78, 5) is 27.1. The fourth-order valence-corrected chi connectivity index (χ4v) is 3.23. The van der Waals surface area contributed by atoms with Gasteiger partial charge in [0, 0.05) is 30.1 Å². The number of nitrogens with one attached hydrogen (secondary N) is 2. The van der Waals surface area contributed by atoms with Crippen molar-refractivity contribution in [2.45, 2.75) is 19.3 Å². The lowest BCUT2D eigenvalue weighted by atomic mass is 10.1. The van der Waals surface area contributed by atoms with E-state index in [1.807, 2.05) is 48.7 Å². The van der Waals surface area contributed by atoms with Gasteiger partial charge in [0.1, 0.15) is 0 Å². The molecule has 7 nitrogen and oxygen atoms in total. The van der Waals surface area contributed by atoms with E-state index in [0.717, 1.165) is 22.0 Å². The average molecular weight is 410 g/mol. The van der Waals surface area contributed by atoms with E-state index >= 15 is 0 Å². The zero-order valence-electron chi connectivity index (χ0n) is 17.2. The van der Waals surface area contributed by atoms with E-state index in [1.165, 1.54) is 0 Å². The van der Waals surface area contributed by atoms with Gasteiger partial charge in [-0.05, 0) is 42.2 Å². The molecule has 0 spiro atoms. The normalized spacial score (nSPS) is 10.6. The number of carbonyl (C=O) groups excluding carboxylic acids is 2. The number of methoxy groups -OCH3 is 2. The van der Waals surface area contributed by atoms with E-state index in [4.69, 9.17) is 14.2 Å². The number of aromatic nitrogens is 1. The maximum atomic E-state index is 12.0. The summed E-state index contributed by atoms with van der Waals surface area (Å²) in [6.07, 6.45) is 3.31. The summed E-state index contributed by atoms with van der Waals surface area (Å²) in [5.41, 5.74) is 3.10. The van der Waals surface area contributed by atoms with Gasteiger partial charge in [-0.3, -0.25) is 9.59 Å². The number of aryl methyl sites for hydroxylation is 1. The van der Waals surface area contributed by atoms with Gasteiger partial charge in [-0.2, -0.15) is 0 Å². The van der Waals surface area contributed by atoms with Crippen LogP contribution in [0.5, 0.6) is 11.5 Å². The average Bonchev–Trinajstić information content (AvgIpc) is 3.19. The molecule has 0 saturated heterocycles. The molecule has 0 saturated carbocycles. The van der Waals surface area contributed by atoms with Gasteiger partial charge in [0.15, 0.2) is 18.1 Å². The van der Waals surface area contributed by atoms with Crippen molar-refractivity contribution in [2.24, 2.45) is 0 Å². The highest BCUT2D eigenvalue weighted by Crippen LogP contribution is 2.27. The summed E-state index contributed by atoms with van der Waals surface area (Å²) in [6, 6.07) is 13.5. The summed E-state index contributed by atoms with van der Waals surface area (Å²) in [6.45, 7) is 0.153. The first-order chi connectivity index (χ1) is 14.6. The fraction of sp³-hybridized carbons (Fsp3) is 0.304. The molecule has 1 amide bonds. The molecule has 0 bridgehead atoms. The molecule has 30 heavy (non-hydrogen) atoms. The molecular formula is C23H26N2O5. The maximum Gasteiger partial charge on any atom is 0.306 e. The minimum Gasteiger partial charge on any atom is -0.493 e. The molecule has 2 N–H and O–H groups in total. The summed E-state index contributed by atoms with van der Waals surface area (Å²) < 4.78 is 15.6. The number of rotatable bonds is 10. The first-order valence-electron chi connectivity index (χ1n) is 9.79. The number of esters is 1. The first-order valence-corrected chi connectivity index (χ1v) is 9.79. The molecule has 158 valence electrons. The number of hydrogen-bond donors (Lipinski definition) is 2. The van der Waals surface area contributed by atoms with Crippen LogP contribution in [0.25, 0.3) is 10.9 Å². The maximum absolute atomic E-state index is 12.0. The van der Waals surface area contributed by atoms with Gasteiger partial charge >= 0.3 is 5.97 Å². The van der Waals surface area contributed by atoms with E-state index in [9.17, 15) is 9.59 Å². The molecule has 3 aromatic rings. The monoisotopic (exact) mass is 410 g/mol. The van der Waals surface area contributed by atoms with Crippen molar-refractivity contribution in [2.75, 3.05) is 27.4 Å². The molecule has 1 aromatic heterocycles. The Bertz CT molecular complexity index is 1010. The van der Waals surface area contributed by atoms with Crippen LogP contribution in [0.3, 0.4) is 0 Å². The molecule has 0 radical (unpaired) electrons. The van der Waals surface area contributed by atoms with Gasteiger partial charge in [-0.25, -0.2) is 0 Å². The van der Waals surface area contributed by atoms with Crippen molar-refractivity contribution in [3.63, 3.8) is 0 Å². The molecule has 7 heteroatoms. The topological polar surface area (TPSA) is 89.6 Å².